The molecular weight excluding hydrogens is 364 g/mol. The van der Waals surface area contributed by atoms with Crippen molar-refractivity contribution in [2.24, 2.45) is 17.8 Å². The predicted molar refractivity (Wildman–Crippen MR) is 117 cm³/mol. The van der Waals surface area contributed by atoms with Gasteiger partial charge in [0.15, 0.2) is 0 Å². The molecule has 1 N–H and O–H groups in total. The molecule has 0 radical (unpaired) electrons. The van der Waals surface area contributed by atoms with Crippen molar-refractivity contribution in [3.63, 3.8) is 0 Å². The Balaban J connectivity index is 1.48. The minimum absolute atomic E-state index is 0.0337. The third kappa shape index (κ3) is 5.95. The Bertz CT molecular complexity index is 653. The number of carbonyl (C=O) groups is 1. The summed E-state index contributed by atoms with van der Waals surface area (Å²) in [5.74, 6) is 2.85. The van der Waals surface area contributed by atoms with Crippen LogP contribution in [0.15, 0.2) is 24.3 Å². The van der Waals surface area contributed by atoms with E-state index < -0.39 is 5.60 Å². The van der Waals surface area contributed by atoms with Gasteiger partial charge in [-0.3, -0.25) is 9.69 Å². The average molecular weight is 403 g/mol. The molecule has 0 unspecified atom stereocenters. The number of piperidine rings is 1. The number of rotatable bonds is 7. The van der Waals surface area contributed by atoms with E-state index in [1.807, 2.05) is 24.3 Å². The Morgan fingerprint density at radius 2 is 1.83 bits per heavy atom. The number of ether oxygens (including phenoxy) is 2. The smallest absolute Gasteiger partial charge is 0.256 e. The van der Waals surface area contributed by atoms with Crippen LogP contribution in [0.2, 0.25) is 0 Å². The molecule has 1 saturated carbocycles. The summed E-state index contributed by atoms with van der Waals surface area (Å²) in [6.07, 6.45) is 5.09. The molecule has 0 bridgehead atoms. The highest BCUT2D eigenvalue weighted by Gasteiger charge is 2.42. The van der Waals surface area contributed by atoms with E-state index in [4.69, 9.17) is 9.47 Å². The molecular formula is C24H38N2O3. The van der Waals surface area contributed by atoms with E-state index in [0.29, 0.717) is 12.5 Å². The van der Waals surface area contributed by atoms with Crippen molar-refractivity contribution in [1.29, 1.82) is 0 Å². The maximum atomic E-state index is 12.9. The molecule has 29 heavy (non-hydrogen) atoms. The van der Waals surface area contributed by atoms with Crippen molar-refractivity contribution in [3.8, 4) is 5.75 Å². The van der Waals surface area contributed by atoms with Gasteiger partial charge in [-0.15, -0.1) is 0 Å². The number of likely N-dealkylation sites (tertiary alicyclic amines) is 1. The van der Waals surface area contributed by atoms with Gasteiger partial charge < -0.3 is 14.8 Å². The molecule has 1 aromatic rings. The number of carbonyl (C=O) groups excluding carboxylic acids is 1. The second-order valence-electron chi connectivity index (χ2n) is 9.43. The Morgan fingerprint density at radius 3 is 2.45 bits per heavy atom. The van der Waals surface area contributed by atoms with Gasteiger partial charge >= 0.3 is 0 Å². The largest absolute Gasteiger partial charge is 0.492 e. The van der Waals surface area contributed by atoms with E-state index in [1.54, 1.807) is 7.11 Å². The normalized spacial score (nSPS) is 30.7. The third-order valence-corrected chi connectivity index (χ3v) is 6.49. The molecule has 3 rings (SSSR count). The summed E-state index contributed by atoms with van der Waals surface area (Å²) in [5.41, 5.74) is 0.0888. The van der Waals surface area contributed by atoms with Crippen LogP contribution in [0, 0.1) is 17.8 Å². The molecule has 4 atom stereocenters. The van der Waals surface area contributed by atoms with E-state index in [2.05, 4.69) is 31.0 Å². The monoisotopic (exact) mass is 402 g/mol. The molecule has 162 valence electrons. The standard InChI is InChI=1S/C24H38N2O3/c1-18-6-5-11-24(15-18,28-4)23(27)25-21-7-9-22(10-8-21)29-13-12-26-16-19(2)14-20(3)17-26/h7-10,18-20H,5-6,11-17H2,1-4H3,(H,25,27)/t18-,19-,20+,24+/m0/s1. The molecule has 2 aliphatic rings. The van der Waals surface area contributed by atoms with Gasteiger partial charge in [-0.1, -0.05) is 27.2 Å². The van der Waals surface area contributed by atoms with Crippen LogP contribution in [0.5, 0.6) is 5.75 Å². The molecule has 5 heteroatoms. The number of benzene rings is 1. The number of hydrogen-bond acceptors (Lipinski definition) is 4. The zero-order valence-corrected chi connectivity index (χ0v) is 18.6. The van der Waals surface area contributed by atoms with Gasteiger partial charge in [0.1, 0.15) is 18.0 Å². The van der Waals surface area contributed by atoms with Gasteiger partial charge in [-0.05, 0) is 67.7 Å². The molecule has 2 fully saturated rings. The fourth-order valence-electron chi connectivity index (χ4n) is 5.13. The van der Waals surface area contributed by atoms with E-state index >= 15 is 0 Å². The molecule has 1 saturated heterocycles. The lowest BCUT2D eigenvalue weighted by Crippen LogP contribution is -2.47. The Hall–Kier alpha value is -1.59. The van der Waals surface area contributed by atoms with Gasteiger partial charge in [0, 0.05) is 32.4 Å². The van der Waals surface area contributed by atoms with Crippen LogP contribution in [-0.4, -0.2) is 49.8 Å². The van der Waals surface area contributed by atoms with Gasteiger partial charge in [0.25, 0.3) is 5.91 Å². The highest BCUT2D eigenvalue weighted by molar-refractivity contribution is 5.97. The zero-order valence-electron chi connectivity index (χ0n) is 18.6. The van der Waals surface area contributed by atoms with E-state index in [-0.39, 0.29) is 5.91 Å². The van der Waals surface area contributed by atoms with Crippen LogP contribution >= 0.6 is 0 Å². The number of nitrogens with one attached hydrogen (secondary N) is 1. The van der Waals surface area contributed by atoms with Crippen LogP contribution in [0.25, 0.3) is 0 Å². The molecule has 0 spiro atoms. The predicted octanol–water partition coefficient (Wildman–Crippen LogP) is 4.58. The van der Waals surface area contributed by atoms with Crippen LogP contribution in [-0.2, 0) is 9.53 Å². The molecule has 1 amide bonds. The lowest BCUT2D eigenvalue weighted by Gasteiger charge is -2.37. The minimum atomic E-state index is -0.699. The highest BCUT2D eigenvalue weighted by Crippen LogP contribution is 2.35. The van der Waals surface area contributed by atoms with Gasteiger partial charge in [-0.25, -0.2) is 0 Å². The molecule has 1 aliphatic carbocycles. The quantitative estimate of drug-likeness (QED) is 0.725. The van der Waals surface area contributed by atoms with E-state index in [1.165, 1.54) is 25.9 Å². The van der Waals surface area contributed by atoms with Crippen molar-refractivity contribution in [3.05, 3.63) is 24.3 Å². The molecule has 1 aliphatic heterocycles. The SMILES string of the molecule is CO[C@]1(C(=O)Nc2ccc(OCCN3C[C@H](C)C[C@H](C)C3)cc2)CCC[C@H](C)C1. The lowest BCUT2D eigenvalue weighted by atomic mass is 9.78. The number of nitrogens with zero attached hydrogens (tertiary/aromatic N) is 1. The summed E-state index contributed by atoms with van der Waals surface area (Å²) in [6.45, 7) is 10.8. The van der Waals surface area contributed by atoms with Crippen molar-refractivity contribution in [1.82, 2.24) is 4.90 Å². The third-order valence-electron chi connectivity index (χ3n) is 6.49. The van der Waals surface area contributed by atoms with Crippen molar-refractivity contribution in [2.75, 3.05) is 38.7 Å². The molecule has 5 nitrogen and oxygen atoms in total. The molecule has 0 aromatic heterocycles. The number of amides is 1. The van der Waals surface area contributed by atoms with Crippen LogP contribution in [0.1, 0.15) is 52.9 Å². The zero-order chi connectivity index (χ0) is 20.9. The number of anilines is 1. The second kappa shape index (κ2) is 9.94. The minimum Gasteiger partial charge on any atom is -0.492 e. The second-order valence-corrected chi connectivity index (χ2v) is 9.43. The summed E-state index contributed by atoms with van der Waals surface area (Å²) in [5, 5.41) is 3.04. The maximum absolute atomic E-state index is 12.9. The first-order valence-electron chi connectivity index (χ1n) is 11.2. The average Bonchev–Trinajstić information content (AvgIpc) is 2.68. The maximum Gasteiger partial charge on any atom is 0.256 e. The Kier molecular flexibility index (Phi) is 7.58. The van der Waals surface area contributed by atoms with E-state index in [0.717, 1.165) is 49.1 Å². The fourth-order valence-corrected chi connectivity index (χ4v) is 5.13. The van der Waals surface area contributed by atoms with Crippen molar-refractivity contribution < 1.29 is 14.3 Å². The summed E-state index contributed by atoms with van der Waals surface area (Å²) in [4.78, 5) is 15.4. The fraction of sp³-hybridized carbons (Fsp3) is 0.708. The number of hydrogen-bond donors (Lipinski definition) is 1. The topological polar surface area (TPSA) is 50.8 Å². The Morgan fingerprint density at radius 1 is 1.14 bits per heavy atom. The summed E-state index contributed by atoms with van der Waals surface area (Å²) >= 11 is 0. The van der Waals surface area contributed by atoms with Crippen LogP contribution in [0.4, 0.5) is 5.69 Å². The van der Waals surface area contributed by atoms with Gasteiger partial charge in [0.2, 0.25) is 0 Å². The van der Waals surface area contributed by atoms with Gasteiger partial charge in [0.05, 0.1) is 0 Å². The van der Waals surface area contributed by atoms with Crippen LogP contribution < -0.4 is 10.1 Å². The van der Waals surface area contributed by atoms with Crippen molar-refractivity contribution >= 4 is 11.6 Å². The number of methoxy groups -OCH3 is 1. The highest BCUT2D eigenvalue weighted by atomic mass is 16.5. The first-order chi connectivity index (χ1) is 13.9. The van der Waals surface area contributed by atoms with Crippen molar-refractivity contribution in [2.45, 2.75) is 58.5 Å². The summed E-state index contributed by atoms with van der Waals surface area (Å²) in [6, 6.07) is 7.68. The first-order valence-corrected chi connectivity index (χ1v) is 11.2. The van der Waals surface area contributed by atoms with E-state index in [9.17, 15) is 4.79 Å². The first kappa shape index (κ1) is 22.1. The lowest BCUT2D eigenvalue weighted by molar-refractivity contribution is -0.143. The van der Waals surface area contributed by atoms with Crippen LogP contribution in [0.3, 0.4) is 0 Å². The summed E-state index contributed by atoms with van der Waals surface area (Å²) in [7, 11) is 1.65. The Labute approximate surface area is 176 Å². The molecule has 1 heterocycles. The summed E-state index contributed by atoms with van der Waals surface area (Å²) < 4.78 is 11.6. The molecule has 1 aromatic carbocycles. The van der Waals surface area contributed by atoms with Gasteiger partial charge in [-0.2, -0.15) is 0 Å².